The number of nitrogens with one attached hydrogen (secondary N) is 2. The maximum absolute atomic E-state index is 11.9. The summed E-state index contributed by atoms with van der Waals surface area (Å²) in [5.41, 5.74) is 0.387. The monoisotopic (exact) mass is 262 g/mol. The van der Waals surface area contributed by atoms with Gasteiger partial charge in [-0.3, -0.25) is 4.79 Å². The van der Waals surface area contributed by atoms with Crippen molar-refractivity contribution >= 4 is 11.7 Å². The van der Waals surface area contributed by atoms with Crippen molar-refractivity contribution in [1.82, 2.24) is 15.3 Å². The Hall–Kier alpha value is -1.65. The highest BCUT2D eigenvalue weighted by atomic mass is 16.1. The van der Waals surface area contributed by atoms with Crippen LogP contribution in [-0.4, -0.2) is 29.0 Å². The van der Waals surface area contributed by atoms with Crippen LogP contribution in [0, 0.1) is 5.92 Å². The Kier molecular flexibility index (Phi) is 5.12. The Bertz CT molecular complexity index is 398. The Morgan fingerprint density at radius 2 is 2.05 bits per heavy atom. The molecule has 0 unspecified atom stereocenters. The molecule has 1 amide bonds. The molecule has 2 rings (SSSR count). The maximum atomic E-state index is 11.9. The first kappa shape index (κ1) is 13.8. The number of aromatic nitrogens is 2. The summed E-state index contributed by atoms with van der Waals surface area (Å²) in [5, 5.41) is 6.01. The van der Waals surface area contributed by atoms with Crippen LogP contribution < -0.4 is 10.6 Å². The first-order valence-electron chi connectivity index (χ1n) is 7.13. The van der Waals surface area contributed by atoms with Gasteiger partial charge in [-0.15, -0.1) is 0 Å². The average molecular weight is 262 g/mol. The van der Waals surface area contributed by atoms with Crippen molar-refractivity contribution in [3.8, 4) is 0 Å². The fourth-order valence-corrected chi connectivity index (χ4v) is 2.44. The first-order valence-corrected chi connectivity index (χ1v) is 7.13. The van der Waals surface area contributed by atoms with E-state index in [2.05, 4.69) is 20.6 Å². The van der Waals surface area contributed by atoms with Crippen molar-refractivity contribution in [2.45, 2.75) is 39.0 Å². The fourth-order valence-electron chi connectivity index (χ4n) is 2.44. The highest BCUT2D eigenvalue weighted by Gasteiger charge is 2.15. The van der Waals surface area contributed by atoms with Crippen LogP contribution in [0.1, 0.15) is 49.5 Å². The smallest absolute Gasteiger partial charge is 0.271 e. The maximum Gasteiger partial charge on any atom is 0.271 e. The number of amides is 1. The predicted molar refractivity (Wildman–Crippen MR) is 75.1 cm³/mol. The molecule has 0 bridgehead atoms. The lowest BCUT2D eigenvalue weighted by molar-refractivity contribution is 0.0938. The third-order valence-electron chi connectivity index (χ3n) is 3.52. The van der Waals surface area contributed by atoms with E-state index in [1.54, 1.807) is 6.20 Å². The Labute approximate surface area is 114 Å². The molecule has 1 aliphatic carbocycles. The van der Waals surface area contributed by atoms with E-state index in [4.69, 9.17) is 0 Å². The molecular weight excluding hydrogens is 240 g/mol. The Morgan fingerprint density at radius 3 is 2.68 bits per heavy atom. The molecule has 5 nitrogen and oxygen atoms in total. The normalized spacial score (nSPS) is 16.1. The van der Waals surface area contributed by atoms with E-state index in [1.807, 2.05) is 6.92 Å². The van der Waals surface area contributed by atoms with Gasteiger partial charge >= 0.3 is 0 Å². The minimum absolute atomic E-state index is 0.124. The molecule has 19 heavy (non-hydrogen) atoms. The first-order chi connectivity index (χ1) is 9.29. The zero-order valence-electron chi connectivity index (χ0n) is 11.5. The third-order valence-corrected chi connectivity index (χ3v) is 3.52. The molecular formula is C14H22N4O. The molecule has 1 aromatic rings. The zero-order valence-corrected chi connectivity index (χ0v) is 11.5. The summed E-state index contributed by atoms with van der Waals surface area (Å²) in [5.74, 6) is 1.21. The van der Waals surface area contributed by atoms with Crippen molar-refractivity contribution in [3.05, 3.63) is 18.1 Å². The molecule has 0 radical (unpaired) electrons. The number of hydrogen-bond donors (Lipinski definition) is 2. The van der Waals surface area contributed by atoms with Crippen LogP contribution in [0.4, 0.5) is 5.82 Å². The molecule has 1 aromatic heterocycles. The minimum Gasteiger partial charge on any atom is -0.369 e. The van der Waals surface area contributed by atoms with Gasteiger partial charge in [-0.1, -0.05) is 19.3 Å². The second-order valence-corrected chi connectivity index (χ2v) is 5.03. The molecule has 5 heteroatoms. The largest absolute Gasteiger partial charge is 0.369 e. The van der Waals surface area contributed by atoms with E-state index in [0.717, 1.165) is 13.1 Å². The Morgan fingerprint density at radius 1 is 1.26 bits per heavy atom. The van der Waals surface area contributed by atoms with Gasteiger partial charge in [0.05, 0.1) is 12.4 Å². The van der Waals surface area contributed by atoms with E-state index < -0.39 is 0 Å². The topological polar surface area (TPSA) is 66.9 Å². The van der Waals surface area contributed by atoms with Gasteiger partial charge in [-0.25, -0.2) is 9.97 Å². The molecule has 0 atom stereocenters. The van der Waals surface area contributed by atoms with Crippen LogP contribution >= 0.6 is 0 Å². The van der Waals surface area contributed by atoms with Crippen LogP contribution in [0.3, 0.4) is 0 Å². The van der Waals surface area contributed by atoms with Gasteiger partial charge in [0.1, 0.15) is 11.5 Å². The van der Waals surface area contributed by atoms with Gasteiger partial charge in [0, 0.05) is 13.1 Å². The quantitative estimate of drug-likeness (QED) is 0.854. The van der Waals surface area contributed by atoms with Gasteiger partial charge < -0.3 is 10.6 Å². The van der Waals surface area contributed by atoms with Gasteiger partial charge in [0.2, 0.25) is 0 Å². The molecule has 2 N–H and O–H groups in total. The highest BCUT2D eigenvalue weighted by molar-refractivity contribution is 5.91. The lowest BCUT2D eigenvalue weighted by Crippen LogP contribution is -2.30. The number of hydrogen-bond acceptors (Lipinski definition) is 4. The second-order valence-electron chi connectivity index (χ2n) is 5.03. The standard InChI is InChI=1S/C14H22N4O/c1-2-15-13-10-16-12(9-17-13)14(19)18-8-11-6-4-3-5-7-11/h9-11H,2-8H2,1H3,(H,15,17)(H,18,19). The van der Waals surface area contributed by atoms with E-state index >= 15 is 0 Å². The molecule has 0 saturated heterocycles. The molecule has 1 heterocycles. The predicted octanol–water partition coefficient (Wildman–Crippen LogP) is 2.22. The highest BCUT2D eigenvalue weighted by Crippen LogP contribution is 2.22. The number of nitrogens with zero attached hydrogens (tertiary/aromatic N) is 2. The van der Waals surface area contributed by atoms with E-state index in [0.29, 0.717) is 17.4 Å². The fraction of sp³-hybridized carbons (Fsp3) is 0.643. The zero-order chi connectivity index (χ0) is 13.5. The lowest BCUT2D eigenvalue weighted by Gasteiger charge is -2.21. The van der Waals surface area contributed by atoms with E-state index in [9.17, 15) is 4.79 Å². The summed E-state index contributed by atoms with van der Waals surface area (Å²) in [6, 6.07) is 0. The third kappa shape index (κ3) is 4.19. The lowest BCUT2D eigenvalue weighted by atomic mass is 9.89. The second kappa shape index (κ2) is 7.07. The van der Waals surface area contributed by atoms with Crippen molar-refractivity contribution < 1.29 is 4.79 Å². The van der Waals surface area contributed by atoms with Crippen LogP contribution in [0.25, 0.3) is 0 Å². The molecule has 104 valence electrons. The summed E-state index contributed by atoms with van der Waals surface area (Å²) in [6.07, 6.45) is 9.49. The number of rotatable bonds is 5. The van der Waals surface area contributed by atoms with Crippen LogP contribution in [-0.2, 0) is 0 Å². The molecule has 1 saturated carbocycles. The van der Waals surface area contributed by atoms with Gasteiger partial charge in [0.15, 0.2) is 0 Å². The van der Waals surface area contributed by atoms with Crippen molar-refractivity contribution in [3.63, 3.8) is 0 Å². The summed E-state index contributed by atoms with van der Waals surface area (Å²) in [6.45, 7) is 3.55. The average Bonchev–Trinajstić information content (AvgIpc) is 2.47. The number of carbonyl (C=O) groups is 1. The van der Waals surface area contributed by atoms with Gasteiger partial charge in [-0.05, 0) is 25.7 Å². The molecule has 1 aliphatic rings. The number of anilines is 1. The van der Waals surface area contributed by atoms with Crippen molar-refractivity contribution in [2.75, 3.05) is 18.4 Å². The Balaban J connectivity index is 1.81. The molecule has 0 aromatic carbocycles. The summed E-state index contributed by atoms with van der Waals surface area (Å²) >= 11 is 0. The minimum atomic E-state index is -0.124. The number of carbonyl (C=O) groups excluding carboxylic acids is 1. The molecule has 0 aliphatic heterocycles. The van der Waals surface area contributed by atoms with Crippen molar-refractivity contribution in [1.29, 1.82) is 0 Å². The summed E-state index contributed by atoms with van der Waals surface area (Å²) < 4.78 is 0. The molecule has 1 fully saturated rings. The van der Waals surface area contributed by atoms with Crippen LogP contribution in [0.5, 0.6) is 0 Å². The summed E-state index contributed by atoms with van der Waals surface area (Å²) in [4.78, 5) is 20.2. The van der Waals surface area contributed by atoms with E-state index in [1.165, 1.54) is 38.3 Å². The van der Waals surface area contributed by atoms with E-state index in [-0.39, 0.29) is 5.91 Å². The van der Waals surface area contributed by atoms with Crippen LogP contribution in [0.15, 0.2) is 12.4 Å². The van der Waals surface area contributed by atoms with Gasteiger partial charge in [-0.2, -0.15) is 0 Å². The SMILES string of the molecule is CCNc1cnc(C(=O)NCC2CCCCC2)cn1. The summed E-state index contributed by atoms with van der Waals surface area (Å²) in [7, 11) is 0. The molecule has 0 spiro atoms. The van der Waals surface area contributed by atoms with Crippen LogP contribution in [0.2, 0.25) is 0 Å². The van der Waals surface area contributed by atoms with Gasteiger partial charge in [0.25, 0.3) is 5.91 Å². The van der Waals surface area contributed by atoms with Crippen molar-refractivity contribution in [2.24, 2.45) is 5.92 Å².